The normalized spacial score (nSPS) is 22.3. The van der Waals surface area contributed by atoms with Crippen molar-refractivity contribution < 1.29 is 0 Å². The van der Waals surface area contributed by atoms with Crippen LogP contribution in [-0.4, -0.2) is 48.6 Å². The topological polar surface area (TPSA) is 62.1 Å². The molecule has 1 N–H and O–H groups in total. The fraction of sp³-hybridized carbons (Fsp3) is 0.560. The number of aromatic amines is 1. The molecular formula is C25H32N6S. The van der Waals surface area contributed by atoms with Crippen molar-refractivity contribution in [3.8, 4) is 11.3 Å². The molecule has 6 rings (SSSR count). The highest BCUT2D eigenvalue weighted by Gasteiger charge is 2.31. The van der Waals surface area contributed by atoms with E-state index in [-0.39, 0.29) is 0 Å². The van der Waals surface area contributed by atoms with Crippen molar-refractivity contribution in [1.29, 1.82) is 0 Å². The molecule has 0 radical (unpaired) electrons. The molecular weight excluding hydrogens is 416 g/mol. The molecule has 0 atom stereocenters. The van der Waals surface area contributed by atoms with Crippen LogP contribution < -0.4 is 0 Å². The third-order valence-corrected chi connectivity index (χ3v) is 8.97. The zero-order chi connectivity index (χ0) is 22.0. The van der Waals surface area contributed by atoms with Crippen molar-refractivity contribution in [2.24, 2.45) is 0 Å². The zero-order valence-corrected chi connectivity index (χ0v) is 20.3. The third-order valence-electron chi connectivity index (χ3n) is 7.83. The smallest absolute Gasteiger partial charge is 0.158 e. The highest BCUT2D eigenvalue weighted by molar-refractivity contribution is 7.18. The van der Waals surface area contributed by atoms with E-state index in [0.29, 0.717) is 11.8 Å². The lowest BCUT2D eigenvalue weighted by molar-refractivity contribution is 0.0869. The molecule has 1 aliphatic heterocycles. The molecule has 0 amide bonds. The Morgan fingerprint density at radius 1 is 1.09 bits per heavy atom. The molecule has 1 aliphatic carbocycles. The van der Waals surface area contributed by atoms with Gasteiger partial charge in [0.25, 0.3) is 0 Å². The van der Waals surface area contributed by atoms with Crippen LogP contribution in [0.15, 0.2) is 12.5 Å². The highest BCUT2D eigenvalue weighted by atomic mass is 32.1. The van der Waals surface area contributed by atoms with E-state index in [9.17, 15) is 0 Å². The fourth-order valence-corrected chi connectivity index (χ4v) is 6.85. The molecule has 0 bridgehead atoms. The van der Waals surface area contributed by atoms with Crippen LogP contribution in [0.5, 0.6) is 0 Å². The van der Waals surface area contributed by atoms with E-state index < -0.39 is 0 Å². The van der Waals surface area contributed by atoms with Crippen molar-refractivity contribution in [3.63, 3.8) is 0 Å². The van der Waals surface area contributed by atoms with Crippen molar-refractivity contribution in [2.45, 2.75) is 77.7 Å². The van der Waals surface area contributed by atoms with Gasteiger partial charge in [-0.3, -0.25) is 0 Å². The summed E-state index contributed by atoms with van der Waals surface area (Å²) in [5.41, 5.74) is 8.27. The monoisotopic (exact) mass is 448 g/mol. The minimum Gasteiger partial charge on any atom is -0.345 e. The predicted octanol–water partition coefficient (Wildman–Crippen LogP) is 5.81. The number of hydrogen-bond donors (Lipinski definition) is 1. The number of likely N-dealkylation sites (tertiary alicyclic amines) is 1. The van der Waals surface area contributed by atoms with Crippen LogP contribution in [-0.2, 0) is 0 Å². The minimum absolute atomic E-state index is 0.391. The number of thiazole rings is 1. The summed E-state index contributed by atoms with van der Waals surface area (Å²) in [7, 11) is 0. The molecule has 4 aromatic rings. The van der Waals surface area contributed by atoms with E-state index in [0.717, 1.165) is 11.7 Å². The molecule has 2 aliphatic rings. The lowest BCUT2D eigenvalue weighted by Gasteiger charge is -2.41. The van der Waals surface area contributed by atoms with Crippen molar-refractivity contribution >= 4 is 27.3 Å². The first-order valence-corrected chi connectivity index (χ1v) is 12.9. The summed E-state index contributed by atoms with van der Waals surface area (Å²) in [4.78, 5) is 17.4. The van der Waals surface area contributed by atoms with Crippen LogP contribution in [0.3, 0.4) is 0 Å². The molecule has 1 saturated heterocycles. The van der Waals surface area contributed by atoms with Gasteiger partial charge in [0.05, 0.1) is 10.7 Å². The third kappa shape index (κ3) is 3.12. The Hall–Kier alpha value is -2.25. The first kappa shape index (κ1) is 20.4. The number of pyridine rings is 1. The van der Waals surface area contributed by atoms with Gasteiger partial charge in [-0.2, -0.15) is 5.10 Å². The van der Waals surface area contributed by atoms with Crippen LogP contribution in [0.25, 0.3) is 27.3 Å². The van der Waals surface area contributed by atoms with Crippen LogP contribution >= 0.6 is 11.3 Å². The van der Waals surface area contributed by atoms with E-state index in [4.69, 9.17) is 4.98 Å². The average molecular weight is 449 g/mol. The SMILES string of the molecule is Cc1c(-c2[nH]c3sc(C4CCC(N5CCC5)CC4)nc3c2C(C)C)cn2ncnc2c1C. The lowest BCUT2D eigenvalue weighted by atomic mass is 9.84. The zero-order valence-electron chi connectivity index (χ0n) is 19.5. The number of fused-ring (bicyclic) bond motifs is 2. The molecule has 4 aromatic heterocycles. The molecule has 0 spiro atoms. The first-order chi connectivity index (χ1) is 15.5. The molecule has 5 heterocycles. The summed E-state index contributed by atoms with van der Waals surface area (Å²) in [6.45, 7) is 11.5. The maximum atomic E-state index is 5.25. The van der Waals surface area contributed by atoms with Gasteiger partial charge in [-0.1, -0.05) is 13.8 Å². The van der Waals surface area contributed by atoms with Crippen LogP contribution in [0.1, 0.15) is 79.5 Å². The van der Waals surface area contributed by atoms with E-state index in [2.05, 4.69) is 53.9 Å². The second-order valence-electron chi connectivity index (χ2n) is 10.0. The Morgan fingerprint density at radius 2 is 1.88 bits per heavy atom. The van der Waals surface area contributed by atoms with Gasteiger partial charge in [0, 0.05) is 29.3 Å². The molecule has 0 aromatic carbocycles. The van der Waals surface area contributed by atoms with Crippen molar-refractivity contribution in [3.05, 3.63) is 34.2 Å². The summed E-state index contributed by atoms with van der Waals surface area (Å²) >= 11 is 1.88. The number of H-pyrrole nitrogens is 1. The summed E-state index contributed by atoms with van der Waals surface area (Å²) < 4.78 is 1.89. The molecule has 168 valence electrons. The van der Waals surface area contributed by atoms with Gasteiger partial charge in [0.1, 0.15) is 16.7 Å². The Bertz CT molecular complexity index is 1280. The van der Waals surface area contributed by atoms with Crippen LogP contribution in [0.4, 0.5) is 0 Å². The molecule has 2 fully saturated rings. The average Bonchev–Trinajstić information content (AvgIpc) is 3.43. The first-order valence-electron chi connectivity index (χ1n) is 12.1. The number of nitrogens with zero attached hydrogens (tertiary/aromatic N) is 5. The van der Waals surface area contributed by atoms with Crippen molar-refractivity contribution in [2.75, 3.05) is 13.1 Å². The lowest BCUT2D eigenvalue weighted by Crippen LogP contribution is -2.46. The molecule has 6 nitrogen and oxygen atoms in total. The maximum Gasteiger partial charge on any atom is 0.158 e. The number of aromatic nitrogens is 5. The second kappa shape index (κ2) is 7.66. The van der Waals surface area contributed by atoms with Crippen LogP contribution in [0, 0.1) is 13.8 Å². The second-order valence-corrected chi connectivity index (χ2v) is 11.0. The number of rotatable bonds is 4. The van der Waals surface area contributed by atoms with E-state index >= 15 is 0 Å². The van der Waals surface area contributed by atoms with E-state index in [1.807, 2.05) is 15.9 Å². The quantitative estimate of drug-likeness (QED) is 0.428. The van der Waals surface area contributed by atoms with Gasteiger partial charge in [-0.15, -0.1) is 11.3 Å². The minimum atomic E-state index is 0.391. The van der Waals surface area contributed by atoms with Gasteiger partial charge >= 0.3 is 0 Å². The van der Waals surface area contributed by atoms with Gasteiger partial charge in [-0.05, 0) is 76.1 Å². The van der Waals surface area contributed by atoms with Gasteiger partial charge in [0.2, 0.25) is 0 Å². The molecule has 7 heteroatoms. The van der Waals surface area contributed by atoms with E-state index in [1.165, 1.54) is 88.5 Å². The number of nitrogens with one attached hydrogen (secondary N) is 1. The Balaban J connectivity index is 1.37. The summed E-state index contributed by atoms with van der Waals surface area (Å²) in [6.07, 6.45) is 10.4. The Labute approximate surface area is 193 Å². The molecule has 32 heavy (non-hydrogen) atoms. The highest BCUT2D eigenvalue weighted by Crippen LogP contribution is 2.43. The number of aryl methyl sites for hydroxylation is 1. The Kier molecular flexibility index (Phi) is 4.88. The molecule has 1 saturated carbocycles. The van der Waals surface area contributed by atoms with E-state index in [1.54, 1.807) is 6.33 Å². The predicted molar refractivity (Wildman–Crippen MR) is 131 cm³/mol. The standard InChI is InChI=1S/C25H32N6S/c1-14(2)20-21(19-12-31-23(26-13-27-31)16(4)15(19)3)28-25-22(20)29-24(32-25)17-6-8-18(9-7-17)30-10-5-11-30/h12-14,17-18,28H,5-11H2,1-4H3. The van der Waals surface area contributed by atoms with Gasteiger partial charge in [0.15, 0.2) is 5.65 Å². The Morgan fingerprint density at radius 3 is 2.56 bits per heavy atom. The number of hydrogen-bond acceptors (Lipinski definition) is 5. The summed E-state index contributed by atoms with van der Waals surface area (Å²) in [6, 6.07) is 0.820. The fourth-order valence-electron chi connectivity index (χ4n) is 5.70. The van der Waals surface area contributed by atoms with Gasteiger partial charge in [-0.25, -0.2) is 14.5 Å². The largest absolute Gasteiger partial charge is 0.345 e. The van der Waals surface area contributed by atoms with Crippen LogP contribution in [0.2, 0.25) is 0 Å². The molecule has 0 unspecified atom stereocenters. The van der Waals surface area contributed by atoms with Gasteiger partial charge < -0.3 is 9.88 Å². The summed E-state index contributed by atoms with van der Waals surface area (Å²) in [5, 5.41) is 5.74. The van der Waals surface area contributed by atoms with Crippen molar-refractivity contribution in [1.82, 2.24) is 29.5 Å². The maximum absolute atomic E-state index is 5.25. The summed E-state index contributed by atoms with van der Waals surface area (Å²) in [5.74, 6) is 1.01.